The zero-order valence-electron chi connectivity index (χ0n) is 7.94. The zero-order valence-corrected chi connectivity index (χ0v) is 9.45. The summed E-state index contributed by atoms with van der Waals surface area (Å²) in [6.45, 7) is 4.14. The van der Waals surface area contributed by atoms with Crippen molar-refractivity contribution in [3.63, 3.8) is 0 Å². The summed E-state index contributed by atoms with van der Waals surface area (Å²) < 4.78 is 10.1. The van der Waals surface area contributed by atoms with Gasteiger partial charge in [0.25, 0.3) is 12.2 Å². The van der Waals surface area contributed by atoms with E-state index in [9.17, 15) is 4.79 Å². The van der Waals surface area contributed by atoms with Crippen LogP contribution in [-0.2, 0) is 14.3 Å². The maximum atomic E-state index is 11.5. The molecule has 1 heterocycles. The molecule has 0 saturated carbocycles. The van der Waals surface area contributed by atoms with Crippen molar-refractivity contribution in [2.45, 2.75) is 11.1 Å². The van der Waals surface area contributed by atoms with Crippen LogP contribution in [0.1, 0.15) is 0 Å². The summed E-state index contributed by atoms with van der Waals surface area (Å²) >= 11 is 11.0. The average Bonchev–Trinajstić information content (AvgIpc) is 2.68. The number of rotatable bonds is 5. The number of carbonyl (C=O) groups excluding carboxylic acids is 1. The van der Waals surface area contributed by atoms with E-state index in [4.69, 9.17) is 32.7 Å². The van der Waals surface area contributed by atoms with E-state index in [0.717, 1.165) is 0 Å². The van der Waals surface area contributed by atoms with Crippen LogP contribution in [0.25, 0.3) is 0 Å². The second-order valence-electron chi connectivity index (χ2n) is 2.81. The Morgan fingerprint density at radius 2 is 2.13 bits per heavy atom. The van der Waals surface area contributed by atoms with Crippen LogP contribution in [0.15, 0.2) is 25.2 Å². The van der Waals surface area contributed by atoms with E-state index in [2.05, 4.69) is 6.58 Å². The Labute approximate surface area is 98.0 Å². The number of hydrogen-bond donors (Lipinski definition) is 0. The van der Waals surface area contributed by atoms with Gasteiger partial charge in [-0.2, -0.15) is 0 Å². The Morgan fingerprint density at radius 1 is 1.53 bits per heavy atom. The van der Waals surface area contributed by atoms with Gasteiger partial charge in [0, 0.05) is 6.54 Å². The Kier molecular flexibility index (Phi) is 4.78. The van der Waals surface area contributed by atoms with Gasteiger partial charge < -0.3 is 14.4 Å². The minimum absolute atomic E-state index is 0.258. The molecule has 0 spiro atoms. The summed E-state index contributed by atoms with van der Waals surface area (Å²) in [5.74, 6) is -0.391. The summed E-state index contributed by atoms with van der Waals surface area (Å²) in [5, 5.41) is 0. The highest BCUT2D eigenvalue weighted by molar-refractivity contribution is 6.53. The third-order valence-electron chi connectivity index (χ3n) is 1.73. The first-order chi connectivity index (χ1) is 7.15. The fourth-order valence-electron chi connectivity index (χ4n) is 1.09. The van der Waals surface area contributed by atoms with Gasteiger partial charge in [-0.05, 0) is 0 Å². The van der Waals surface area contributed by atoms with Gasteiger partial charge in [0.1, 0.15) is 12.5 Å². The van der Waals surface area contributed by atoms with Crippen molar-refractivity contribution in [2.75, 3.05) is 13.1 Å². The second-order valence-corrected chi connectivity index (χ2v) is 3.90. The van der Waals surface area contributed by atoms with Crippen LogP contribution < -0.4 is 0 Å². The fraction of sp³-hybridized carbons (Fsp3) is 0.444. The molecule has 0 aromatic carbocycles. The van der Waals surface area contributed by atoms with Crippen LogP contribution in [0.4, 0.5) is 0 Å². The van der Waals surface area contributed by atoms with E-state index in [1.54, 1.807) is 6.08 Å². The lowest BCUT2D eigenvalue weighted by molar-refractivity contribution is -0.133. The first-order valence-electron chi connectivity index (χ1n) is 4.29. The van der Waals surface area contributed by atoms with Gasteiger partial charge in [0.05, 0.1) is 6.54 Å². The fourth-order valence-corrected chi connectivity index (χ4v) is 1.36. The van der Waals surface area contributed by atoms with E-state index in [1.807, 2.05) is 0 Å². The molecule has 4 nitrogen and oxygen atoms in total. The molecule has 0 aromatic rings. The molecule has 1 amide bonds. The smallest absolute Gasteiger partial charge is 0.257 e. The molecule has 0 N–H and O–H groups in total. The lowest BCUT2D eigenvalue weighted by atomic mass is 10.4. The highest BCUT2D eigenvalue weighted by Gasteiger charge is 2.24. The van der Waals surface area contributed by atoms with E-state index in [-0.39, 0.29) is 6.54 Å². The maximum Gasteiger partial charge on any atom is 0.257 e. The number of halogens is 2. The SMILES string of the molecule is C=CCN(CC1OC=CO1)C(=O)C(Cl)Cl. The minimum atomic E-state index is -1.08. The highest BCUT2D eigenvalue weighted by Crippen LogP contribution is 2.11. The molecule has 0 radical (unpaired) electrons. The summed E-state index contributed by atoms with van der Waals surface area (Å²) in [5.41, 5.74) is 0. The van der Waals surface area contributed by atoms with Crippen LogP contribution in [0, 0.1) is 0 Å². The molecule has 1 aliphatic rings. The molecule has 0 bridgehead atoms. The molecule has 0 unspecified atom stereocenters. The van der Waals surface area contributed by atoms with Gasteiger partial charge in [-0.1, -0.05) is 29.3 Å². The monoisotopic (exact) mass is 251 g/mol. The summed E-state index contributed by atoms with van der Waals surface area (Å²) in [7, 11) is 0. The number of alkyl halides is 2. The number of hydrogen-bond acceptors (Lipinski definition) is 3. The zero-order chi connectivity index (χ0) is 11.3. The Morgan fingerprint density at radius 3 is 2.60 bits per heavy atom. The molecule has 0 aromatic heterocycles. The van der Waals surface area contributed by atoms with Gasteiger partial charge in [0.15, 0.2) is 4.84 Å². The predicted octanol–water partition coefficient (Wildman–Crippen LogP) is 1.65. The predicted molar refractivity (Wildman–Crippen MR) is 57.4 cm³/mol. The molecule has 0 fully saturated rings. The van der Waals surface area contributed by atoms with E-state index in [0.29, 0.717) is 6.54 Å². The third kappa shape index (κ3) is 3.64. The molecular weight excluding hydrogens is 241 g/mol. The van der Waals surface area contributed by atoms with Crippen molar-refractivity contribution in [1.29, 1.82) is 0 Å². The van der Waals surface area contributed by atoms with Crippen molar-refractivity contribution in [3.05, 3.63) is 25.2 Å². The second kappa shape index (κ2) is 5.88. The van der Waals surface area contributed by atoms with E-state index >= 15 is 0 Å². The average molecular weight is 252 g/mol. The normalized spacial score (nSPS) is 14.9. The first kappa shape index (κ1) is 12.2. The number of ether oxygens (including phenoxy) is 2. The van der Waals surface area contributed by atoms with Crippen LogP contribution >= 0.6 is 23.2 Å². The van der Waals surface area contributed by atoms with Crippen LogP contribution in [0.3, 0.4) is 0 Å². The highest BCUT2D eigenvalue weighted by atomic mass is 35.5. The molecule has 0 saturated heterocycles. The van der Waals surface area contributed by atoms with Crippen LogP contribution in [-0.4, -0.2) is 35.0 Å². The van der Waals surface area contributed by atoms with Gasteiger partial charge in [-0.3, -0.25) is 4.79 Å². The summed E-state index contributed by atoms with van der Waals surface area (Å²) in [6.07, 6.45) is 3.91. The number of nitrogens with zero attached hydrogens (tertiary/aromatic N) is 1. The van der Waals surface area contributed by atoms with Gasteiger partial charge in [-0.25, -0.2) is 0 Å². The van der Waals surface area contributed by atoms with Crippen LogP contribution in [0.2, 0.25) is 0 Å². The molecule has 15 heavy (non-hydrogen) atoms. The number of carbonyl (C=O) groups is 1. The summed E-state index contributed by atoms with van der Waals surface area (Å²) in [6, 6.07) is 0. The van der Waals surface area contributed by atoms with Crippen molar-refractivity contribution >= 4 is 29.1 Å². The quantitative estimate of drug-likeness (QED) is 0.551. The number of amides is 1. The molecule has 0 aliphatic carbocycles. The van der Waals surface area contributed by atoms with Gasteiger partial charge >= 0.3 is 0 Å². The Balaban J connectivity index is 2.49. The Bertz CT molecular complexity index is 260. The molecule has 0 atom stereocenters. The molecule has 1 rings (SSSR count). The van der Waals surface area contributed by atoms with E-state index in [1.165, 1.54) is 17.4 Å². The molecule has 84 valence electrons. The first-order valence-corrected chi connectivity index (χ1v) is 5.16. The van der Waals surface area contributed by atoms with Crippen molar-refractivity contribution in [3.8, 4) is 0 Å². The third-order valence-corrected chi connectivity index (χ3v) is 2.11. The summed E-state index contributed by atoms with van der Waals surface area (Å²) in [4.78, 5) is 11.8. The van der Waals surface area contributed by atoms with Gasteiger partial charge in [0.2, 0.25) is 0 Å². The van der Waals surface area contributed by atoms with Gasteiger partial charge in [-0.15, -0.1) is 6.58 Å². The molecule has 6 heteroatoms. The molecule has 1 aliphatic heterocycles. The van der Waals surface area contributed by atoms with Crippen molar-refractivity contribution in [1.82, 2.24) is 4.90 Å². The van der Waals surface area contributed by atoms with Crippen LogP contribution in [0.5, 0.6) is 0 Å². The Hall–Kier alpha value is -0.870. The molecular formula is C9H11Cl2NO3. The van der Waals surface area contributed by atoms with Crippen molar-refractivity contribution < 1.29 is 14.3 Å². The largest absolute Gasteiger partial charge is 0.457 e. The lowest BCUT2D eigenvalue weighted by Crippen LogP contribution is -2.40. The standard InChI is InChI=1S/C9H11Cl2NO3/c1-2-3-12(9(13)8(10)11)6-7-14-4-5-15-7/h2,4-5,7-8H,1,3,6H2. The van der Waals surface area contributed by atoms with E-state index < -0.39 is 17.0 Å². The lowest BCUT2D eigenvalue weighted by Gasteiger charge is -2.23. The minimum Gasteiger partial charge on any atom is -0.457 e. The van der Waals surface area contributed by atoms with Crippen molar-refractivity contribution in [2.24, 2.45) is 0 Å². The topological polar surface area (TPSA) is 38.8 Å². The maximum absolute atomic E-state index is 11.5.